The number of nitrogens with zero attached hydrogens (tertiary/aromatic N) is 1. The zero-order chi connectivity index (χ0) is 11.3. The maximum absolute atomic E-state index is 11.2. The minimum Gasteiger partial charge on any atom is -0.931 e. The number of aromatic nitrogens is 2. The van der Waals surface area contributed by atoms with Gasteiger partial charge in [-0.1, -0.05) is 5.70 Å². The van der Waals surface area contributed by atoms with Crippen LogP contribution in [0.15, 0.2) is 40.3 Å². The van der Waals surface area contributed by atoms with E-state index in [-0.39, 0.29) is 24.6 Å². The fourth-order valence-corrected chi connectivity index (χ4v) is 0.901. The quantitative estimate of drug-likeness (QED) is 0.239. The van der Waals surface area contributed by atoms with E-state index in [0.29, 0.717) is 6.26 Å². The Labute approximate surface area is 104 Å². The van der Waals surface area contributed by atoms with Crippen LogP contribution in [0.4, 0.5) is 0 Å². The van der Waals surface area contributed by atoms with Crippen molar-refractivity contribution in [3.8, 4) is 0 Å². The fraction of sp³-hybridized carbons (Fsp3) is 0. The van der Waals surface area contributed by atoms with Crippen LogP contribution >= 0.6 is 0 Å². The van der Waals surface area contributed by atoms with Gasteiger partial charge in [-0.3, -0.25) is 20.4 Å². The van der Waals surface area contributed by atoms with Gasteiger partial charge in [0.1, 0.15) is 0 Å². The second-order valence-electron chi connectivity index (χ2n) is 2.49. The first-order chi connectivity index (χ1) is 7.19. The van der Waals surface area contributed by atoms with Gasteiger partial charge >= 0.3 is 24.6 Å². The van der Waals surface area contributed by atoms with Crippen LogP contribution in [0, 0.1) is 12.7 Å². The molecule has 0 bridgehead atoms. The molecule has 0 saturated heterocycles. The van der Waals surface area contributed by atoms with Gasteiger partial charge in [0.2, 0.25) is 0 Å². The number of allylic oxidation sites excluding steroid dienone is 4. The maximum atomic E-state index is 11.2. The number of H-pyrrole nitrogens is 1. The summed E-state index contributed by atoms with van der Waals surface area (Å²) in [5.41, 5.74) is -1.28. The van der Waals surface area contributed by atoms with E-state index in [9.17, 15) is 14.7 Å². The SMILES string of the molecule is [CH-]=CC=[C-]/C(=C\[O-])n1ccc(=O)[nH]c1=O.[Li+]. The van der Waals surface area contributed by atoms with Crippen LogP contribution in [0.25, 0.3) is 5.70 Å². The molecule has 0 aliphatic rings. The van der Waals surface area contributed by atoms with Crippen LogP contribution < -0.4 is 35.2 Å². The number of nitrogens with one attached hydrogen (secondary N) is 1. The normalized spacial score (nSPS) is 11.1. The molecule has 0 spiro atoms. The third kappa shape index (κ3) is 3.46. The van der Waals surface area contributed by atoms with Gasteiger partial charge < -0.3 is 23.8 Å². The topological polar surface area (TPSA) is 77.9 Å². The molecule has 0 radical (unpaired) electrons. The molecule has 78 valence electrons. The molecule has 1 N–H and O–H groups in total. The third-order valence-corrected chi connectivity index (χ3v) is 1.52. The predicted molar refractivity (Wildman–Crippen MR) is 52.3 cm³/mol. The largest absolute Gasteiger partial charge is 1.00 e. The van der Waals surface area contributed by atoms with Crippen molar-refractivity contribution in [2.75, 3.05) is 0 Å². The molecular formula is C10H7LiN2O3-2. The van der Waals surface area contributed by atoms with Gasteiger partial charge in [0.15, 0.2) is 0 Å². The van der Waals surface area contributed by atoms with Crippen LogP contribution in [0.3, 0.4) is 0 Å². The molecule has 0 atom stereocenters. The maximum Gasteiger partial charge on any atom is 1.00 e. The molecule has 0 unspecified atom stereocenters. The van der Waals surface area contributed by atoms with Gasteiger partial charge in [0, 0.05) is 12.3 Å². The molecule has 0 aliphatic carbocycles. The van der Waals surface area contributed by atoms with E-state index in [2.05, 4.69) is 6.08 Å². The molecule has 6 heteroatoms. The Kier molecular flexibility index (Phi) is 6.01. The number of hydrogen-bond acceptors (Lipinski definition) is 3. The van der Waals surface area contributed by atoms with Crippen LogP contribution in [0.1, 0.15) is 0 Å². The van der Waals surface area contributed by atoms with Gasteiger partial charge in [-0.2, -0.15) is 0 Å². The van der Waals surface area contributed by atoms with Crippen molar-refractivity contribution in [3.05, 3.63) is 64.2 Å². The average Bonchev–Trinajstić information content (AvgIpc) is 2.21. The van der Waals surface area contributed by atoms with Crippen LogP contribution in [0.5, 0.6) is 0 Å². The Bertz CT molecular complexity index is 525. The summed E-state index contributed by atoms with van der Waals surface area (Å²) in [6.45, 7) is 5.05. The number of rotatable bonds is 3. The van der Waals surface area contributed by atoms with Gasteiger partial charge in [-0.05, 0) is 0 Å². The zero-order valence-corrected chi connectivity index (χ0v) is 8.64. The molecule has 0 fully saturated rings. The van der Waals surface area contributed by atoms with E-state index >= 15 is 0 Å². The summed E-state index contributed by atoms with van der Waals surface area (Å²) >= 11 is 0. The Morgan fingerprint density at radius 1 is 1.56 bits per heavy atom. The minimum atomic E-state index is -0.706. The third-order valence-electron chi connectivity index (χ3n) is 1.52. The number of hydrogen-bond donors (Lipinski definition) is 1. The first-order valence-electron chi connectivity index (χ1n) is 3.97. The summed E-state index contributed by atoms with van der Waals surface area (Å²) in [4.78, 5) is 24.0. The van der Waals surface area contributed by atoms with Crippen molar-refractivity contribution in [3.63, 3.8) is 0 Å². The van der Waals surface area contributed by atoms with Gasteiger partial charge in [-0.25, -0.2) is 11.1 Å². The Morgan fingerprint density at radius 2 is 2.25 bits per heavy atom. The molecule has 5 nitrogen and oxygen atoms in total. The molecule has 0 saturated carbocycles. The standard InChI is InChI=1S/C10H8N2O3.Li/c1-2-3-4-8(7-13)12-6-5-9(14)11-10(12)15;/h1-3,5-7,13H,(H,11,14,15);/q-2;+1/p-1/b8-7+;. The Hall–Kier alpha value is -1.70. The van der Waals surface area contributed by atoms with E-state index in [0.717, 1.165) is 10.6 Å². The smallest absolute Gasteiger partial charge is 0.931 e. The molecule has 0 aliphatic heterocycles. The predicted octanol–water partition coefficient (Wildman–Crippen LogP) is -3.95. The molecule has 1 rings (SSSR count). The van der Waals surface area contributed by atoms with Crippen LogP contribution in [-0.4, -0.2) is 9.55 Å². The van der Waals surface area contributed by atoms with E-state index in [1.165, 1.54) is 18.3 Å². The van der Waals surface area contributed by atoms with Crippen molar-refractivity contribution < 1.29 is 24.0 Å². The second kappa shape index (κ2) is 6.72. The Balaban J connectivity index is 0.00000225. The summed E-state index contributed by atoms with van der Waals surface area (Å²) < 4.78 is 0.953. The molecule has 1 aromatic rings. The molecule has 1 aromatic heterocycles. The minimum absolute atomic E-state index is 0. The fourth-order valence-electron chi connectivity index (χ4n) is 0.901. The van der Waals surface area contributed by atoms with Gasteiger partial charge in [0.05, 0.1) is 0 Å². The van der Waals surface area contributed by atoms with Crippen molar-refractivity contribution >= 4 is 5.70 Å². The summed E-state index contributed by atoms with van der Waals surface area (Å²) in [6, 6.07) is 1.12. The van der Waals surface area contributed by atoms with Crippen LogP contribution in [-0.2, 0) is 0 Å². The summed E-state index contributed by atoms with van der Waals surface area (Å²) in [5, 5.41) is 10.6. The first-order valence-corrected chi connectivity index (χ1v) is 3.97. The van der Waals surface area contributed by atoms with E-state index in [1.807, 2.05) is 4.98 Å². The van der Waals surface area contributed by atoms with E-state index in [4.69, 9.17) is 6.58 Å². The summed E-state index contributed by atoms with van der Waals surface area (Å²) in [6.07, 6.45) is 6.54. The van der Waals surface area contributed by atoms with Crippen molar-refractivity contribution in [2.24, 2.45) is 0 Å². The van der Waals surface area contributed by atoms with Crippen LogP contribution in [0.2, 0.25) is 0 Å². The summed E-state index contributed by atoms with van der Waals surface area (Å²) in [7, 11) is 0. The monoisotopic (exact) mass is 210 g/mol. The van der Waals surface area contributed by atoms with Crippen molar-refractivity contribution in [1.82, 2.24) is 9.55 Å². The average molecular weight is 210 g/mol. The Morgan fingerprint density at radius 3 is 2.75 bits per heavy atom. The number of aromatic amines is 1. The van der Waals surface area contributed by atoms with E-state index in [1.54, 1.807) is 0 Å². The van der Waals surface area contributed by atoms with Gasteiger partial charge in [-0.15, -0.1) is 0 Å². The van der Waals surface area contributed by atoms with E-state index < -0.39 is 11.2 Å². The van der Waals surface area contributed by atoms with Gasteiger partial charge in [0.25, 0.3) is 5.56 Å². The second-order valence-corrected chi connectivity index (χ2v) is 2.49. The zero-order valence-electron chi connectivity index (χ0n) is 8.64. The van der Waals surface area contributed by atoms with Crippen molar-refractivity contribution in [1.29, 1.82) is 0 Å². The molecule has 16 heavy (non-hydrogen) atoms. The summed E-state index contributed by atoms with van der Waals surface area (Å²) in [5.74, 6) is 0. The first kappa shape index (κ1) is 14.3. The molecule has 1 heterocycles. The molecule has 0 amide bonds. The molecular weight excluding hydrogens is 203 g/mol. The van der Waals surface area contributed by atoms with Crippen molar-refractivity contribution in [2.45, 2.75) is 0 Å². The molecule has 0 aromatic carbocycles.